The van der Waals surface area contributed by atoms with Crippen LogP contribution >= 0.6 is 0 Å². The smallest absolute Gasteiger partial charge is 0.167 e. The van der Waals surface area contributed by atoms with Gasteiger partial charge in [0.2, 0.25) is 0 Å². The molecule has 0 spiro atoms. The molecule has 0 unspecified atom stereocenters. The minimum atomic E-state index is 0.257. The number of rotatable bonds is 3. The van der Waals surface area contributed by atoms with E-state index < -0.39 is 0 Å². The van der Waals surface area contributed by atoms with Gasteiger partial charge < -0.3 is 9.26 Å². The van der Waals surface area contributed by atoms with Crippen molar-refractivity contribution < 1.29 is 9.26 Å². The first-order valence-corrected chi connectivity index (χ1v) is 4.80. The highest BCUT2D eigenvalue weighted by atomic mass is 16.5. The van der Waals surface area contributed by atoms with Crippen LogP contribution in [0.5, 0.6) is 5.75 Å². The summed E-state index contributed by atoms with van der Waals surface area (Å²) >= 11 is 0. The Morgan fingerprint density at radius 2 is 2.31 bits per heavy atom. The lowest BCUT2D eigenvalue weighted by Gasteiger charge is -2.00. The van der Waals surface area contributed by atoms with Crippen LogP contribution in [0.1, 0.15) is 5.69 Å². The molecule has 80 valence electrons. The third kappa shape index (κ3) is 2.04. The molecule has 0 fully saturated rings. The van der Waals surface area contributed by atoms with E-state index in [1.54, 1.807) is 13.2 Å². The number of aromatic nitrogens is 1. The van der Waals surface area contributed by atoms with Gasteiger partial charge in [0, 0.05) is 11.6 Å². The molecule has 4 heteroatoms. The van der Waals surface area contributed by atoms with Gasteiger partial charge in [0.15, 0.2) is 5.76 Å². The van der Waals surface area contributed by atoms with Gasteiger partial charge >= 0.3 is 0 Å². The minimum Gasteiger partial charge on any atom is -0.497 e. The highest BCUT2D eigenvalue weighted by Crippen LogP contribution is 2.24. The molecule has 0 atom stereocenters. The van der Waals surface area contributed by atoms with E-state index in [0.29, 0.717) is 11.5 Å². The van der Waals surface area contributed by atoms with Gasteiger partial charge in [-0.25, -0.2) is 0 Å². The van der Waals surface area contributed by atoms with E-state index in [4.69, 9.17) is 14.5 Å². The van der Waals surface area contributed by atoms with Gasteiger partial charge in [0.25, 0.3) is 0 Å². The SMILES string of the molecule is COc1cccc(-c2cc(CC#N)no2)c1. The Labute approximate surface area is 93.1 Å². The van der Waals surface area contributed by atoms with Crippen molar-refractivity contribution in [2.24, 2.45) is 0 Å². The van der Waals surface area contributed by atoms with E-state index in [1.165, 1.54) is 0 Å². The van der Waals surface area contributed by atoms with Gasteiger partial charge in [-0.05, 0) is 12.1 Å². The quantitative estimate of drug-likeness (QED) is 0.787. The molecule has 0 bridgehead atoms. The van der Waals surface area contributed by atoms with E-state index in [-0.39, 0.29) is 6.42 Å². The van der Waals surface area contributed by atoms with Crippen LogP contribution in [0.3, 0.4) is 0 Å². The summed E-state index contributed by atoms with van der Waals surface area (Å²) in [6.45, 7) is 0. The second-order valence-electron chi connectivity index (χ2n) is 3.25. The Kier molecular flexibility index (Phi) is 2.88. The Morgan fingerprint density at radius 3 is 3.06 bits per heavy atom. The number of methoxy groups -OCH3 is 1. The van der Waals surface area contributed by atoms with Crippen LogP contribution in [-0.2, 0) is 6.42 Å². The van der Waals surface area contributed by atoms with Crippen molar-refractivity contribution in [3.05, 3.63) is 36.0 Å². The molecule has 0 aliphatic carbocycles. The summed E-state index contributed by atoms with van der Waals surface area (Å²) in [5.41, 5.74) is 1.52. The van der Waals surface area contributed by atoms with Crippen molar-refractivity contribution in [3.8, 4) is 23.1 Å². The van der Waals surface area contributed by atoms with Crippen LogP contribution in [0.15, 0.2) is 34.9 Å². The Balaban J connectivity index is 2.31. The van der Waals surface area contributed by atoms with Crippen LogP contribution in [0, 0.1) is 11.3 Å². The van der Waals surface area contributed by atoms with Crippen LogP contribution in [0.2, 0.25) is 0 Å². The fraction of sp³-hybridized carbons (Fsp3) is 0.167. The van der Waals surface area contributed by atoms with Crippen molar-refractivity contribution >= 4 is 0 Å². The van der Waals surface area contributed by atoms with Crippen LogP contribution in [0.4, 0.5) is 0 Å². The fourth-order valence-corrected chi connectivity index (χ4v) is 1.39. The van der Waals surface area contributed by atoms with E-state index in [1.807, 2.05) is 30.3 Å². The zero-order valence-corrected chi connectivity index (χ0v) is 8.80. The van der Waals surface area contributed by atoms with Gasteiger partial charge in [0.1, 0.15) is 5.75 Å². The molecule has 0 amide bonds. The fourth-order valence-electron chi connectivity index (χ4n) is 1.39. The molecular formula is C12H10N2O2. The lowest BCUT2D eigenvalue weighted by molar-refractivity contribution is 0.412. The predicted molar refractivity (Wildman–Crippen MR) is 57.8 cm³/mol. The molecule has 1 aromatic carbocycles. The second kappa shape index (κ2) is 4.49. The molecule has 0 aliphatic heterocycles. The first kappa shape index (κ1) is 10.2. The van der Waals surface area contributed by atoms with Crippen molar-refractivity contribution in [1.82, 2.24) is 5.16 Å². The molecule has 1 aromatic heterocycles. The summed E-state index contributed by atoms with van der Waals surface area (Å²) in [6.07, 6.45) is 0.257. The molecule has 0 saturated carbocycles. The van der Waals surface area contributed by atoms with E-state index in [0.717, 1.165) is 11.3 Å². The van der Waals surface area contributed by atoms with Gasteiger partial charge in [-0.1, -0.05) is 17.3 Å². The lowest BCUT2D eigenvalue weighted by Crippen LogP contribution is -1.82. The maximum atomic E-state index is 8.53. The average Bonchev–Trinajstić information content (AvgIpc) is 2.78. The molecule has 0 radical (unpaired) electrons. The number of hydrogen-bond acceptors (Lipinski definition) is 4. The standard InChI is InChI=1S/C12H10N2O2/c1-15-11-4-2-3-9(7-11)12-8-10(5-6-13)14-16-12/h2-4,7-8H,5H2,1H3. The molecule has 2 aromatic rings. The van der Waals surface area contributed by atoms with Gasteiger partial charge in [0.05, 0.1) is 25.3 Å². The number of nitriles is 1. The van der Waals surface area contributed by atoms with Crippen LogP contribution in [-0.4, -0.2) is 12.3 Å². The Morgan fingerprint density at radius 1 is 1.44 bits per heavy atom. The number of nitrogens with zero attached hydrogens (tertiary/aromatic N) is 2. The number of ether oxygens (including phenoxy) is 1. The molecule has 2 rings (SSSR count). The molecule has 0 N–H and O–H groups in total. The summed E-state index contributed by atoms with van der Waals surface area (Å²) in [7, 11) is 1.61. The predicted octanol–water partition coefficient (Wildman–Crippen LogP) is 2.42. The molecule has 0 aliphatic rings. The van der Waals surface area contributed by atoms with Crippen LogP contribution < -0.4 is 4.74 Å². The second-order valence-corrected chi connectivity index (χ2v) is 3.25. The first-order valence-electron chi connectivity index (χ1n) is 4.80. The third-order valence-corrected chi connectivity index (χ3v) is 2.17. The average molecular weight is 214 g/mol. The maximum absolute atomic E-state index is 8.53. The van der Waals surface area contributed by atoms with Crippen LogP contribution in [0.25, 0.3) is 11.3 Å². The normalized spacial score (nSPS) is 9.75. The summed E-state index contributed by atoms with van der Waals surface area (Å²) in [5, 5.41) is 12.3. The zero-order valence-electron chi connectivity index (χ0n) is 8.80. The van der Waals surface area contributed by atoms with E-state index in [9.17, 15) is 0 Å². The van der Waals surface area contributed by atoms with Gasteiger partial charge in [-0.2, -0.15) is 5.26 Å². The lowest BCUT2D eigenvalue weighted by atomic mass is 10.1. The zero-order chi connectivity index (χ0) is 11.4. The highest BCUT2D eigenvalue weighted by molar-refractivity contribution is 5.59. The molecule has 4 nitrogen and oxygen atoms in total. The van der Waals surface area contributed by atoms with Crippen molar-refractivity contribution in [2.45, 2.75) is 6.42 Å². The highest BCUT2D eigenvalue weighted by Gasteiger charge is 2.06. The molecular weight excluding hydrogens is 204 g/mol. The minimum absolute atomic E-state index is 0.257. The van der Waals surface area contributed by atoms with E-state index >= 15 is 0 Å². The van der Waals surface area contributed by atoms with E-state index in [2.05, 4.69) is 5.16 Å². The molecule has 1 heterocycles. The summed E-state index contributed by atoms with van der Waals surface area (Å²) in [4.78, 5) is 0. The largest absolute Gasteiger partial charge is 0.497 e. The molecule has 16 heavy (non-hydrogen) atoms. The number of hydrogen-bond donors (Lipinski definition) is 0. The van der Waals surface area contributed by atoms with Crippen molar-refractivity contribution in [2.75, 3.05) is 7.11 Å². The van der Waals surface area contributed by atoms with Crippen molar-refractivity contribution in [3.63, 3.8) is 0 Å². The third-order valence-electron chi connectivity index (χ3n) is 2.17. The maximum Gasteiger partial charge on any atom is 0.167 e. The van der Waals surface area contributed by atoms with Crippen molar-refractivity contribution in [1.29, 1.82) is 5.26 Å². The Hall–Kier alpha value is -2.28. The Bertz CT molecular complexity index is 526. The monoisotopic (exact) mass is 214 g/mol. The summed E-state index contributed by atoms with van der Waals surface area (Å²) in [5.74, 6) is 1.40. The van der Waals surface area contributed by atoms with Gasteiger partial charge in [-0.3, -0.25) is 0 Å². The topological polar surface area (TPSA) is 59.0 Å². The molecule has 0 saturated heterocycles. The summed E-state index contributed by atoms with van der Waals surface area (Å²) < 4.78 is 10.3. The summed E-state index contributed by atoms with van der Waals surface area (Å²) in [6, 6.07) is 11.3. The number of benzene rings is 1. The first-order chi connectivity index (χ1) is 7.83. The van der Waals surface area contributed by atoms with Gasteiger partial charge in [-0.15, -0.1) is 0 Å².